The molecule has 1 aliphatic heterocycles. The van der Waals surface area contributed by atoms with Crippen molar-refractivity contribution in [3.8, 4) is 0 Å². The number of nitrogens with zero attached hydrogens (tertiary/aromatic N) is 2. The number of carbonyl (C=O) groups excluding carboxylic acids is 1. The molecule has 22 heavy (non-hydrogen) atoms. The highest BCUT2D eigenvalue weighted by Gasteiger charge is 2.33. The summed E-state index contributed by atoms with van der Waals surface area (Å²) >= 11 is 0. The summed E-state index contributed by atoms with van der Waals surface area (Å²) in [5, 5.41) is 0. The first-order valence-corrected chi connectivity index (χ1v) is 8.69. The fraction of sp³-hybridized carbons (Fsp3) is 0.533. The van der Waals surface area contributed by atoms with E-state index in [2.05, 4.69) is 0 Å². The highest BCUT2D eigenvalue weighted by atomic mass is 32.2. The summed E-state index contributed by atoms with van der Waals surface area (Å²) in [7, 11) is -2.21. The van der Waals surface area contributed by atoms with Gasteiger partial charge in [-0.15, -0.1) is 0 Å². The molecular formula is C15H22N2O4S. The van der Waals surface area contributed by atoms with Gasteiger partial charge in [-0.1, -0.05) is 18.2 Å². The number of sulfonamides is 1. The van der Waals surface area contributed by atoms with Gasteiger partial charge >= 0.3 is 0 Å². The van der Waals surface area contributed by atoms with Crippen molar-refractivity contribution < 1.29 is 17.9 Å². The second-order valence-electron chi connectivity index (χ2n) is 5.68. The van der Waals surface area contributed by atoms with Crippen LogP contribution >= 0.6 is 0 Å². The van der Waals surface area contributed by atoms with Crippen LogP contribution in [-0.2, 0) is 19.6 Å². The van der Waals surface area contributed by atoms with E-state index in [-0.39, 0.29) is 29.6 Å². The van der Waals surface area contributed by atoms with E-state index in [0.717, 1.165) is 4.31 Å². The zero-order chi connectivity index (χ0) is 16.3. The molecule has 1 aromatic carbocycles. The van der Waals surface area contributed by atoms with Gasteiger partial charge in [-0.25, -0.2) is 8.42 Å². The molecule has 0 unspecified atom stereocenters. The third-order valence-electron chi connectivity index (χ3n) is 3.47. The van der Waals surface area contributed by atoms with E-state index in [1.807, 2.05) is 13.8 Å². The minimum Gasteiger partial charge on any atom is -0.372 e. The quantitative estimate of drug-likeness (QED) is 0.780. The SMILES string of the molecule is CC(C)OC1CN(C(=O)CN(C)S(=O)(=O)c2ccccc2)C1. The van der Waals surface area contributed by atoms with Crippen molar-refractivity contribution in [2.45, 2.75) is 31.0 Å². The number of likely N-dealkylation sites (N-methyl/N-ethyl adjacent to an activating group) is 1. The number of ether oxygens (including phenoxy) is 1. The Morgan fingerprint density at radius 3 is 2.45 bits per heavy atom. The van der Waals surface area contributed by atoms with Crippen LogP contribution in [0.2, 0.25) is 0 Å². The molecule has 0 radical (unpaired) electrons. The Balaban J connectivity index is 1.90. The molecule has 0 N–H and O–H groups in total. The molecule has 0 aromatic heterocycles. The van der Waals surface area contributed by atoms with Crippen LogP contribution in [-0.4, -0.2) is 62.4 Å². The summed E-state index contributed by atoms with van der Waals surface area (Å²) in [6.45, 7) is 4.79. The summed E-state index contributed by atoms with van der Waals surface area (Å²) in [4.78, 5) is 13.9. The Labute approximate surface area is 131 Å². The molecule has 0 saturated carbocycles. The van der Waals surface area contributed by atoms with E-state index in [1.54, 1.807) is 23.1 Å². The van der Waals surface area contributed by atoms with Gasteiger partial charge in [-0.2, -0.15) is 4.31 Å². The minimum atomic E-state index is -3.63. The molecule has 1 heterocycles. The monoisotopic (exact) mass is 326 g/mol. The maximum atomic E-state index is 12.3. The number of rotatable bonds is 6. The van der Waals surface area contributed by atoms with Crippen molar-refractivity contribution in [3.05, 3.63) is 30.3 Å². The zero-order valence-electron chi connectivity index (χ0n) is 13.1. The van der Waals surface area contributed by atoms with E-state index in [9.17, 15) is 13.2 Å². The van der Waals surface area contributed by atoms with Crippen LogP contribution in [0.1, 0.15) is 13.8 Å². The van der Waals surface area contributed by atoms with Crippen LogP contribution < -0.4 is 0 Å². The highest BCUT2D eigenvalue weighted by Crippen LogP contribution is 2.17. The second-order valence-corrected chi connectivity index (χ2v) is 7.72. The van der Waals surface area contributed by atoms with E-state index in [0.29, 0.717) is 13.1 Å². The number of amides is 1. The van der Waals surface area contributed by atoms with Crippen LogP contribution in [0.25, 0.3) is 0 Å². The van der Waals surface area contributed by atoms with Gasteiger partial charge < -0.3 is 9.64 Å². The highest BCUT2D eigenvalue weighted by molar-refractivity contribution is 7.89. The van der Waals surface area contributed by atoms with Gasteiger partial charge in [-0.3, -0.25) is 4.79 Å². The van der Waals surface area contributed by atoms with E-state index in [1.165, 1.54) is 19.2 Å². The van der Waals surface area contributed by atoms with Crippen LogP contribution in [0, 0.1) is 0 Å². The average Bonchev–Trinajstić information content (AvgIpc) is 2.42. The molecule has 1 saturated heterocycles. The minimum absolute atomic E-state index is 0.0555. The molecule has 7 heteroatoms. The summed E-state index contributed by atoms with van der Waals surface area (Å²) in [6.07, 6.45) is 0.184. The summed E-state index contributed by atoms with van der Waals surface area (Å²) in [5.41, 5.74) is 0. The normalized spacial score (nSPS) is 16.1. The average molecular weight is 326 g/mol. The molecule has 1 amide bonds. The van der Waals surface area contributed by atoms with Gasteiger partial charge in [-0.05, 0) is 26.0 Å². The van der Waals surface area contributed by atoms with Crippen LogP contribution in [0.5, 0.6) is 0 Å². The Morgan fingerprint density at radius 2 is 1.91 bits per heavy atom. The Kier molecular flexibility index (Phi) is 5.20. The largest absolute Gasteiger partial charge is 0.372 e. The lowest BCUT2D eigenvalue weighted by Gasteiger charge is -2.40. The molecule has 2 rings (SSSR count). The molecule has 122 valence electrons. The summed E-state index contributed by atoms with van der Waals surface area (Å²) < 4.78 is 31.3. The predicted octanol–water partition coefficient (Wildman–Crippen LogP) is 0.943. The fourth-order valence-electron chi connectivity index (χ4n) is 2.26. The van der Waals surface area contributed by atoms with Crippen molar-refractivity contribution in [1.82, 2.24) is 9.21 Å². The zero-order valence-corrected chi connectivity index (χ0v) is 13.9. The second kappa shape index (κ2) is 6.76. The maximum Gasteiger partial charge on any atom is 0.243 e. The van der Waals surface area contributed by atoms with Crippen molar-refractivity contribution in [2.24, 2.45) is 0 Å². The van der Waals surface area contributed by atoms with Crippen molar-refractivity contribution >= 4 is 15.9 Å². The van der Waals surface area contributed by atoms with E-state index >= 15 is 0 Å². The first-order valence-electron chi connectivity index (χ1n) is 7.25. The maximum absolute atomic E-state index is 12.3. The van der Waals surface area contributed by atoms with Gasteiger partial charge in [0.2, 0.25) is 15.9 Å². The van der Waals surface area contributed by atoms with Gasteiger partial charge in [0.15, 0.2) is 0 Å². The standard InChI is InChI=1S/C15H22N2O4S/c1-12(2)21-13-9-17(10-13)15(18)11-16(3)22(19,20)14-7-5-4-6-8-14/h4-8,12-13H,9-11H2,1-3H3. The van der Waals surface area contributed by atoms with Crippen molar-refractivity contribution in [3.63, 3.8) is 0 Å². The van der Waals surface area contributed by atoms with Gasteiger partial charge in [0, 0.05) is 20.1 Å². The van der Waals surface area contributed by atoms with Gasteiger partial charge in [0.05, 0.1) is 23.6 Å². The number of hydrogen-bond donors (Lipinski definition) is 0. The predicted molar refractivity (Wildman–Crippen MR) is 82.8 cm³/mol. The smallest absolute Gasteiger partial charge is 0.243 e. The number of hydrogen-bond acceptors (Lipinski definition) is 4. The molecule has 0 bridgehead atoms. The molecule has 6 nitrogen and oxygen atoms in total. The molecule has 1 aromatic rings. The topological polar surface area (TPSA) is 66.9 Å². The number of carbonyl (C=O) groups is 1. The lowest BCUT2D eigenvalue weighted by atomic mass is 10.1. The molecule has 0 aliphatic carbocycles. The summed E-state index contributed by atoms with van der Waals surface area (Å²) in [5.74, 6) is -0.203. The fourth-order valence-corrected chi connectivity index (χ4v) is 3.40. The molecule has 0 spiro atoms. The van der Waals surface area contributed by atoms with Crippen molar-refractivity contribution in [2.75, 3.05) is 26.7 Å². The van der Waals surface area contributed by atoms with E-state index < -0.39 is 10.0 Å². The third kappa shape index (κ3) is 3.85. The van der Waals surface area contributed by atoms with Crippen LogP contribution in [0.15, 0.2) is 35.2 Å². The number of benzene rings is 1. The first kappa shape index (κ1) is 16.9. The first-order chi connectivity index (χ1) is 10.3. The van der Waals surface area contributed by atoms with Gasteiger partial charge in [0.25, 0.3) is 0 Å². The van der Waals surface area contributed by atoms with Crippen molar-refractivity contribution in [1.29, 1.82) is 0 Å². The Morgan fingerprint density at radius 1 is 1.32 bits per heavy atom. The lowest BCUT2D eigenvalue weighted by Crippen LogP contribution is -2.57. The van der Waals surface area contributed by atoms with Crippen LogP contribution in [0.4, 0.5) is 0 Å². The van der Waals surface area contributed by atoms with E-state index in [4.69, 9.17) is 4.74 Å². The molecule has 0 atom stereocenters. The molecular weight excluding hydrogens is 304 g/mol. The van der Waals surface area contributed by atoms with Gasteiger partial charge in [0.1, 0.15) is 0 Å². The van der Waals surface area contributed by atoms with Crippen LogP contribution in [0.3, 0.4) is 0 Å². The lowest BCUT2D eigenvalue weighted by molar-refractivity contribution is -0.148. The Bertz CT molecular complexity index is 610. The Hall–Kier alpha value is -1.44. The third-order valence-corrected chi connectivity index (χ3v) is 5.29. The number of likely N-dealkylation sites (tertiary alicyclic amines) is 1. The molecule has 1 fully saturated rings. The summed E-state index contributed by atoms with van der Waals surface area (Å²) in [6, 6.07) is 8.11. The molecule has 1 aliphatic rings.